The van der Waals surface area contributed by atoms with Crippen LogP contribution in [0.15, 0.2) is 79.0 Å². The number of benzene rings is 3. The van der Waals surface area contributed by atoms with E-state index in [1.54, 1.807) is 36.4 Å². The number of aromatic carboxylic acids is 1. The Bertz CT molecular complexity index is 1330. The van der Waals surface area contributed by atoms with Crippen LogP contribution in [-0.2, 0) is 6.54 Å². The van der Waals surface area contributed by atoms with Crippen molar-refractivity contribution in [2.24, 2.45) is 0 Å². The van der Waals surface area contributed by atoms with E-state index in [0.29, 0.717) is 17.7 Å². The molecule has 0 saturated carbocycles. The van der Waals surface area contributed by atoms with Crippen molar-refractivity contribution in [3.05, 3.63) is 107 Å². The number of carboxylic acids is 1. The Kier molecular flexibility index (Phi) is 5.15. The topological polar surface area (TPSA) is 66.0 Å². The molecule has 5 heteroatoms. The average Bonchev–Trinajstić information content (AvgIpc) is 3.09. The molecule has 4 rings (SSSR count). The molecule has 0 aliphatic heterocycles. The summed E-state index contributed by atoms with van der Waals surface area (Å²) < 4.78 is 15.6. The first-order valence-electron chi connectivity index (χ1n) is 9.33. The summed E-state index contributed by atoms with van der Waals surface area (Å²) in [5, 5.41) is 19.8. The number of aromatic nitrogens is 1. The molecule has 4 nitrogen and oxygen atoms in total. The highest BCUT2D eigenvalue weighted by atomic mass is 19.1. The molecule has 0 unspecified atom stereocenters. The zero-order valence-electron chi connectivity index (χ0n) is 15.9. The lowest BCUT2D eigenvalue weighted by atomic mass is 10.0. The second kappa shape index (κ2) is 8.06. The van der Waals surface area contributed by atoms with Crippen molar-refractivity contribution in [2.45, 2.75) is 6.54 Å². The minimum atomic E-state index is -0.966. The van der Waals surface area contributed by atoms with Crippen LogP contribution in [0.5, 0.6) is 0 Å². The maximum absolute atomic E-state index is 13.6. The zero-order valence-corrected chi connectivity index (χ0v) is 15.9. The van der Waals surface area contributed by atoms with E-state index in [9.17, 15) is 19.6 Å². The summed E-state index contributed by atoms with van der Waals surface area (Å²) in [6.07, 6.45) is 3.68. The quantitative estimate of drug-likeness (QED) is 0.447. The fourth-order valence-corrected chi connectivity index (χ4v) is 3.51. The van der Waals surface area contributed by atoms with E-state index in [-0.39, 0.29) is 5.56 Å². The van der Waals surface area contributed by atoms with Gasteiger partial charge in [-0.05, 0) is 47.5 Å². The molecule has 0 amide bonds. The molecule has 4 aromatic rings. The number of allylic oxidation sites excluding steroid dienone is 1. The van der Waals surface area contributed by atoms with Crippen LogP contribution in [0.25, 0.3) is 22.6 Å². The van der Waals surface area contributed by atoms with Crippen molar-refractivity contribution in [3.63, 3.8) is 0 Å². The van der Waals surface area contributed by atoms with Crippen LogP contribution in [0.4, 0.5) is 4.39 Å². The fourth-order valence-electron chi connectivity index (χ4n) is 3.51. The molecule has 3 aromatic carbocycles. The Morgan fingerprint density at radius 3 is 2.57 bits per heavy atom. The molecule has 0 spiro atoms. The third kappa shape index (κ3) is 3.85. The molecule has 146 valence electrons. The van der Waals surface area contributed by atoms with E-state index in [0.717, 1.165) is 22.0 Å². The van der Waals surface area contributed by atoms with Gasteiger partial charge < -0.3 is 9.67 Å². The summed E-state index contributed by atoms with van der Waals surface area (Å²) in [6, 6.07) is 22.7. The Labute approximate surface area is 172 Å². The third-order valence-electron chi connectivity index (χ3n) is 4.90. The largest absolute Gasteiger partial charge is 0.478 e. The number of nitriles is 1. The summed E-state index contributed by atoms with van der Waals surface area (Å²) in [5.74, 6) is -1.36. The molecule has 0 fully saturated rings. The second-order valence-electron chi connectivity index (χ2n) is 6.92. The molecule has 1 N–H and O–H groups in total. The van der Waals surface area contributed by atoms with Gasteiger partial charge >= 0.3 is 5.97 Å². The first-order valence-corrected chi connectivity index (χ1v) is 9.33. The van der Waals surface area contributed by atoms with Gasteiger partial charge in [-0.2, -0.15) is 5.26 Å². The highest BCUT2D eigenvalue weighted by Crippen LogP contribution is 2.27. The van der Waals surface area contributed by atoms with Gasteiger partial charge in [-0.1, -0.05) is 42.5 Å². The van der Waals surface area contributed by atoms with Crippen LogP contribution < -0.4 is 0 Å². The van der Waals surface area contributed by atoms with Crippen LogP contribution in [0.1, 0.15) is 27.0 Å². The number of carbonyl (C=O) groups is 1. The SMILES string of the molecule is N#C/C(=C\c1cn(Cc2cccc(C(=O)O)c2)c2ccccc12)c1cccc(F)c1. The Hall–Kier alpha value is -4.17. The molecule has 0 bridgehead atoms. The average molecular weight is 396 g/mol. The van der Waals surface area contributed by atoms with Gasteiger partial charge in [0.05, 0.1) is 17.2 Å². The van der Waals surface area contributed by atoms with E-state index in [4.69, 9.17) is 0 Å². The molecular formula is C25H17FN2O2. The van der Waals surface area contributed by atoms with Crippen molar-refractivity contribution in [1.82, 2.24) is 4.57 Å². The van der Waals surface area contributed by atoms with Gasteiger partial charge in [0.25, 0.3) is 0 Å². The smallest absolute Gasteiger partial charge is 0.335 e. The van der Waals surface area contributed by atoms with Gasteiger partial charge in [0.15, 0.2) is 0 Å². The lowest BCUT2D eigenvalue weighted by molar-refractivity contribution is 0.0696. The first kappa shape index (κ1) is 19.2. The first-order chi connectivity index (χ1) is 14.5. The van der Waals surface area contributed by atoms with Gasteiger partial charge in [-0.25, -0.2) is 9.18 Å². The van der Waals surface area contributed by atoms with Gasteiger partial charge in [0, 0.05) is 29.2 Å². The molecule has 0 aliphatic carbocycles. The van der Waals surface area contributed by atoms with Gasteiger partial charge in [-0.15, -0.1) is 0 Å². The predicted octanol–water partition coefficient (Wildman–Crippen LogP) is 5.59. The van der Waals surface area contributed by atoms with E-state index in [1.165, 1.54) is 12.1 Å². The highest BCUT2D eigenvalue weighted by molar-refractivity contribution is 5.98. The number of nitrogens with zero attached hydrogens (tertiary/aromatic N) is 2. The number of hydrogen-bond donors (Lipinski definition) is 1. The van der Waals surface area contributed by atoms with Crippen molar-refractivity contribution < 1.29 is 14.3 Å². The normalized spacial score (nSPS) is 11.4. The summed E-state index contributed by atoms with van der Waals surface area (Å²) in [7, 11) is 0. The summed E-state index contributed by atoms with van der Waals surface area (Å²) >= 11 is 0. The van der Waals surface area contributed by atoms with Crippen molar-refractivity contribution in [3.8, 4) is 6.07 Å². The maximum atomic E-state index is 13.6. The molecule has 30 heavy (non-hydrogen) atoms. The molecule has 1 heterocycles. The maximum Gasteiger partial charge on any atom is 0.335 e. The summed E-state index contributed by atoms with van der Waals surface area (Å²) in [5.41, 5.74) is 3.77. The number of hydrogen-bond acceptors (Lipinski definition) is 2. The molecular weight excluding hydrogens is 379 g/mol. The number of carboxylic acid groups (broad SMARTS) is 1. The van der Waals surface area contributed by atoms with Crippen molar-refractivity contribution in [1.29, 1.82) is 5.26 Å². The highest BCUT2D eigenvalue weighted by Gasteiger charge is 2.11. The molecule has 0 atom stereocenters. The van der Waals surface area contributed by atoms with Crippen LogP contribution in [0.2, 0.25) is 0 Å². The van der Waals surface area contributed by atoms with Crippen molar-refractivity contribution >= 4 is 28.5 Å². The molecule has 0 saturated heterocycles. The van der Waals surface area contributed by atoms with E-state index in [2.05, 4.69) is 6.07 Å². The molecule has 0 aliphatic rings. The lowest BCUT2D eigenvalue weighted by Crippen LogP contribution is -2.01. The van der Waals surface area contributed by atoms with E-state index < -0.39 is 11.8 Å². The lowest BCUT2D eigenvalue weighted by Gasteiger charge is -2.06. The minimum absolute atomic E-state index is 0.238. The van der Waals surface area contributed by atoms with Crippen LogP contribution in [0.3, 0.4) is 0 Å². The number of para-hydroxylation sites is 1. The van der Waals surface area contributed by atoms with Gasteiger partial charge in [0.1, 0.15) is 5.82 Å². The summed E-state index contributed by atoms with van der Waals surface area (Å²) in [6.45, 7) is 0.483. The van der Waals surface area contributed by atoms with Gasteiger partial charge in [-0.3, -0.25) is 0 Å². The van der Waals surface area contributed by atoms with Gasteiger partial charge in [0.2, 0.25) is 0 Å². The Morgan fingerprint density at radius 1 is 1.03 bits per heavy atom. The zero-order chi connectivity index (χ0) is 21.1. The van der Waals surface area contributed by atoms with E-state index in [1.807, 2.05) is 41.1 Å². The second-order valence-corrected chi connectivity index (χ2v) is 6.92. The van der Waals surface area contributed by atoms with E-state index >= 15 is 0 Å². The third-order valence-corrected chi connectivity index (χ3v) is 4.90. The summed E-state index contributed by atoms with van der Waals surface area (Å²) in [4.78, 5) is 11.3. The minimum Gasteiger partial charge on any atom is -0.478 e. The van der Waals surface area contributed by atoms with Crippen molar-refractivity contribution in [2.75, 3.05) is 0 Å². The van der Waals surface area contributed by atoms with Crippen LogP contribution in [-0.4, -0.2) is 15.6 Å². The fraction of sp³-hybridized carbons (Fsp3) is 0.0400. The standard InChI is InChI=1S/C25H17FN2O2/c26-22-8-4-6-18(13-22)20(14-27)12-21-16-28(24-10-2-1-9-23(21)24)15-17-5-3-7-19(11-17)25(29)30/h1-13,16H,15H2,(H,29,30)/b20-12+. The van der Waals surface area contributed by atoms with Crippen LogP contribution in [0, 0.1) is 17.1 Å². The monoisotopic (exact) mass is 396 g/mol. The Balaban J connectivity index is 1.79. The number of rotatable bonds is 5. The number of fused-ring (bicyclic) bond motifs is 1. The molecule has 1 aromatic heterocycles. The van der Waals surface area contributed by atoms with Crippen LogP contribution >= 0.6 is 0 Å². The Morgan fingerprint density at radius 2 is 1.80 bits per heavy atom. The predicted molar refractivity (Wildman–Crippen MR) is 114 cm³/mol. The molecule has 0 radical (unpaired) electrons. The number of halogens is 1.